The molecular formula is C21H23FN4O6S. The largest absolute Gasteiger partial charge is 0.376 e. The summed E-state index contributed by atoms with van der Waals surface area (Å²) in [5.41, 5.74) is 1.08. The first kappa shape index (κ1) is 23.3. The number of amides is 1. The first-order valence-corrected chi connectivity index (χ1v) is 11.6. The van der Waals surface area contributed by atoms with Gasteiger partial charge in [0, 0.05) is 31.7 Å². The van der Waals surface area contributed by atoms with Gasteiger partial charge in [-0.3, -0.25) is 10.0 Å². The van der Waals surface area contributed by atoms with E-state index in [9.17, 15) is 22.8 Å². The number of carbonyl (C=O) groups is 1. The van der Waals surface area contributed by atoms with Crippen molar-refractivity contribution in [2.75, 3.05) is 33.4 Å². The maximum atomic E-state index is 13.3. The molecule has 10 nitrogen and oxygen atoms in total. The van der Waals surface area contributed by atoms with E-state index in [0.717, 1.165) is 12.6 Å². The van der Waals surface area contributed by atoms with Crippen LogP contribution >= 0.6 is 0 Å². The first-order chi connectivity index (χ1) is 15.7. The molecule has 33 heavy (non-hydrogen) atoms. The molecule has 1 aliphatic heterocycles. The minimum absolute atomic E-state index is 0.0171. The number of benzene rings is 1. The molecule has 3 heterocycles. The number of carbonyl (C=O) groups excluding carboxylic acids is 1. The maximum absolute atomic E-state index is 13.3. The van der Waals surface area contributed by atoms with Crippen molar-refractivity contribution in [2.24, 2.45) is 0 Å². The fraction of sp³-hybridized carbons (Fsp3) is 0.333. The Labute approximate surface area is 189 Å². The van der Waals surface area contributed by atoms with Gasteiger partial charge in [0.1, 0.15) is 16.4 Å². The zero-order chi connectivity index (χ0) is 23.6. The summed E-state index contributed by atoms with van der Waals surface area (Å²) >= 11 is 0. The molecule has 4 rings (SSSR count). The van der Waals surface area contributed by atoms with E-state index in [1.54, 1.807) is 16.7 Å². The van der Waals surface area contributed by atoms with Gasteiger partial charge in [0.25, 0.3) is 5.91 Å². The average Bonchev–Trinajstić information content (AvgIpc) is 3.18. The van der Waals surface area contributed by atoms with Crippen LogP contribution in [0.2, 0.25) is 0 Å². The monoisotopic (exact) mass is 478 g/mol. The van der Waals surface area contributed by atoms with Gasteiger partial charge in [0.15, 0.2) is 0 Å². The number of fused-ring (bicyclic) bond motifs is 1. The summed E-state index contributed by atoms with van der Waals surface area (Å²) in [4.78, 5) is 16.2. The lowest BCUT2D eigenvalue weighted by Crippen LogP contribution is -2.39. The maximum Gasteiger partial charge on any atom is 0.295 e. The van der Waals surface area contributed by atoms with Gasteiger partial charge in [-0.2, -0.15) is 0 Å². The number of sulfonamides is 1. The Morgan fingerprint density at radius 1 is 1.33 bits per heavy atom. The molecule has 176 valence electrons. The first-order valence-electron chi connectivity index (χ1n) is 10.1. The van der Waals surface area contributed by atoms with E-state index in [-0.39, 0.29) is 41.5 Å². The van der Waals surface area contributed by atoms with Gasteiger partial charge in [-0.25, -0.2) is 27.6 Å². The molecule has 0 bridgehead atoms. The predicted octanol–water partition coefficient (Wildman–Crippen LogP) is 1.38. The number of pyridine rings is 1. The van der Waals surface area contributed by atoms with Crippen molar-refractivity contribution >= 4 is 26.8 Å². The number of halogens is 1. The Morgan fingerprint density at radius 3 is 2.76 bits per heavy atom. The lowest BCUT2D eigenvalue weighted by atomic mass is 10.2. The van der Waals surface area contributed by atoms with Crippen LogP contribution in [0.5, 0.6) is 0 Å². The normalized spacial score (nSPS) is 16.8. The van der Waals surface area contributed by atoms with E-state index in [0.29, 0.717) is 23.8 Å². The molecule has 1 aromatic carbocycles. The molecule has 2 N–H and O–H groups in total. The van der Waals surface area contributed by atoms with E-state index < -0.39 is 22.0 Å². The summed E-state index contributed by atoms with van der Waals surface area (Å²) in [5.74, 6) is -1.16. The van der Waals surface area contributed by atoms with Crippen molar-refractivity contribution in [1.82, 2.24) is 19.3 Å². The Kier molecular flexibility index (Phi) is 6.72. The van der Waals surface area contributed by atoms with Crippen molar-refractivity contribution in [1.29, 1.82) is 0 Å². The van der Waals surface area contributed by atoms with Crippen molar-refractivity contribution in [3.63, 3.8) is 0 Å². The minimum atomic E-state index is -4.01. The van der Waals surface area contributed by atoms with Crippen molar-refractivity contribution < 1.29 is 32.3 Å². The molecule has 2 aromatic heterocycles. The minimum Gasteiger partial charge on any atom is -0.376 e. The van der Waals surface area contributed by atoms with Crippen molar-refractivity contribution in [3.05, 3.63) is 59.8 Å². The highest BCUT2D eigenvalue weighted by Crippen LogP contribution is 2.27. The topological polar surface area (TPSA) is 123 Å². The number of hydrogen-bond acceptors (Lipinski definition) is 7. The van der Waals surface area contributed by atoms with Gasteiger partial charge >= 0.3 is 0 Å². The van der Waals surface area contributed by atoms with Gasteiger partial charge in [0.05, 0.1) is 37.6 Å². The molecular weight excluding hydrogens is 455 g/mol. The lowest BCUT2D eigenvalue weighted by Gasteiger charge is -2.22. The highest BCUT2D eigenvalue weighted by Gasteiger charge is 2.25. The quantitative estimate of drug-likeness (QED) is 0.388. The summed E-state index contributed by atoms with van der Waals surface area (Å²) in [5, 5.41) is 10.1. The molecule has 1 unspecified atom stereocenters. The van der Waals surface area contributed by atoms with Crippen LogP contribution < -0.4 is 4.72 Å². The van der Waals surface area contributed by atoms with Crippen molar-refractivity contribution in [2.45, 2.75) is 17.5 Å². The third kappa shape index (κ3) is 5.20. The van der Waals surface area contributed by atoms with E-state index >= 15 is 0 Å². The standard InChI is InChI=1S/C21H23FN4O6S/c1-25(28)21(27)18-8-17-19(10-23-18)26(11-14-2-4-15(22)5-3-14)12-20(17)33(29,30)24-9-16-13-31-6-7-32-16/h2-5,8,10,12,16,24,28H,6-7,9,11,13H2,1H3. The van der Waals surface area contributed by atoms with Gasteiger partial charge in [-0.05, 0) is 23.8 Å². The molecule has 1 atom stereocenters. The summed E-state index contributed by atoms with van der Waals surface area (Å²) < 4.78 is 54.6. The number of hydroxylamine groups is 2. The number of aromatic nitrogens is 2. The number of ether oxygens (including phenoxy) is 2. The molecule has 1 fully saturated rings. The molecule has 0 radical (unpaired) electrons. The SMILES string of the molecule is CN(O)C(=O)c1cc2c(S(=O)(=O)NCC3COCCO3)cn(Cc3ccc(F)cc3)c2cn1. The molecule has 1 saturated heterocycles. The second-order valence-electron chi connectivity index (χ2n) is 7.58. The summed E-state index contributed by atoms with van der Waals surface area (Å²) in [6.07, 6.45) is 2.39. The molecule has 0 spiro atoms. The van der Waals surface area contributed by atoms with Crippen LogP contribution in [0.3, 0.4) is 0 Å². The highest BCUT2D eigenvalue weighted by atomic mass is 32.2. The molecule has 0 saturated carbocycles. The van der Waals surface area contributed by atoms with E-state index in [1.165, 1.54) is 30.6 Å². The van der Waals surface area contributed by atoms with Crippen LogP contribution in [0, 0.1) is 5.82 Å². The summed E-state index contributed by atoms with van der Waals surface area (Å²) in [6.45, 7) is 1.39. The van der Waals surface area contributed by atoms with Crippen LogP contribution in [-0.4, -0.2) is 73.7 Å². The fourth-order valence-electron chi connectivity index (χ4n) is 3.50. The Morgan fingerprint density at radius 2 is 2.09 bits per heavy atom. The molecule has 1 amide bonds. The molecule has 0 aliphatic carbocycles. The van der Waals surface area contributed by atoms with Crippen LogP contribution in [0.25, 0.3) is 10.9 Å². The van der Waals surface area contributed by atoms with Crippen LogP contribution in [0.4, 0.5) is 4.39 Å². The molecule has 1 aliphatic rings. The van der Waals surface area contributed by atoms with Gasteiger partial charge in [0.2, 0.25) is 10.0 Å². The van der Waals surface area contributed by atoms with Gasteiger partial charge in [-0.1, -0.05) is 12.1 Å². The fourth-order valence-corrected chi connectivity index (χ4v) is 4.78. The zero-order valence-corrected chi connectivity index (χ0v) is 18.6. The molecule has 3 aromatic rings. The van der Waals surface area contributed by atoms with E-state index in [2.05, 4.69) is 9.71 Å². The predicted molar refractivity (Wildman–Crippen MR) is 115 cm³/mol. The molecule has 12 heteroatoms. The smallest absolute Gasteiger partial charge is 0.295 e. The Bertz CT molecular complexity index is 1250. The Balaban J connectivity index is 1.72. The average molecular weight is 479 g/mol. The van der Waals surface area contributed by atoms with E-state index in [4.69, 9.17) is 9.47 Å². The summed E-state index contributed by atoms with van der Waals surface area (Å²) in [6, 6.07) is 7.15. The second kappa shape index (κ2) is 9.53. The number of nitrogens with zero attached hydrogens (tertiary/aromatic N) is 3. The third-order valence-corrected chi connectivity index (χ3v) is 6.64. The zero-order valence-electron chi connectivity index (χ0n) is 17.8. The summed E-state index contributed by atoms with van der Waals surface area (Å²) in [7, 11) is -2.86. The highest BCUT2D eigenvalue weighted by molar-refractivity contribution is 7.89. The van der Waals surface area contributed by atoms with Crippen LogP contribution in [-0.2, 0) is 26.0 Å². The van der Waals surface area contributed by atoms with Crippen LogP contribution in [0.1, 0.15) is 16.1 Å². The van der Waals surface area contributed by atoms with Gasteiger partial charge in [-0.15, -0.1) is 0 Å². The lowest BCUT2D eigenvalue weighted by molar-refractivity contribution is -0.0846. The number of nitrogens with one attached hydrogen (secondary N) is 1. The van der Waals surface area contributed by atoms with Crippen LogP contribution in [0.15, 0.2) is 47.6 Å². The second-order valence-corrected chi connectivity index (χ2v) is 9.32. The van der Waals surface area contributed by atoms with E-state index in [1.807, 2.05) is 0 Å². The third-order valence-electron chi connectivity index (χ3n) is 5.19. The number of rotatable bonds is 7. The number of hydrogen-bond donors (Lipinski definition) is 2. The Hall–Kier alpha value is -2.90. The van der Waals surface area contributed by atoms with Gasteiger partial charge < -0.3 is 14.0 Å². The van der Waals surface area contributed by atoms with Crippen molar-refractivity contribution in [3.8, 4) is 0 Å².